The first-order valence-corrected chi connectivity index (χ1v) is 15.2. The van der Waals surface area contributed by atoms with Crippen molar-refractivity contribution in [1.29, 1.82) is 0 Å². The van der Waals surface area contributed by atoms with Gasteiger partial charge in [0.05, 0.1) is 30.8 Å². The number of rotatable bonds is 12. The standard InChI is InChI=1S/C34H39N3O7/c1-36-32(39)30(29(43-2)20-35-36)24-13-11-22(12-14-24)19-26(33(40)41)9-6-10-28(38)31-25-15-17-27(18-16-25)37(31)34(42)44-21-23-7-4-3-5-8-23/h3-5,7-8,11-14,20,25-27,31H,6,9-10,15-19,21H2,1-2H3,(H,40,41)/t25?,26-,27?,31-/m0/s1. The lowest BCUT2D eigenvalue weighted by molar-refractivity contribution is -0.142. The third kappa shape index (κ3) is 6.85. The summed E-state index contributed by atoms with van der Waals surface area (Å²) in [7, 11) is 3.04. The molecule has 3 fully saturated rings. The molecule has 6 rings (SSSR count). The summed E-state index contributed by atoms with van der Waals surface area (Å²) in [6, 6.07) is 16.1. The number of piperidine rings is 2. The maximum atomic E-state index is 13.5. The van der Waals surface area contributed by atoms with Gasteiger partial charge in [0.15, 0.2) is 11.5 Å². The van der Waals surface area contributed by atoms with Crippen LogP contribution in [0.15, 0.2) is 65.6 Å². The van der Waals surface area contributed by atoms with E-state index in [4.69, 9.17) is 9.47 Å². The van der Waals surface area contributed by atoms with Gasteiger partial charge in [-0.15, -0.1) is 0 Å². The van der Waals surface area contributed by atoms with E-state index in [1.54, 1.807) is 24.1 Å². The van der Waals surface area contributed by atoms with Gasteiger partial charge in [0, 0.05) is 19.5 Å². The van der Waals surface area contributed by atoms with Gasteiger partial charge < -0.3 is 14.6 Å². The molecule has 1 saturated carbocycles. The van der Waals surface area contributed by atoms with Gasteiger partial charge in [-0.2, -0.15) is 5.10 Å². The van der Waals surface area contributed by atoms with Crippen LogP contribution >= 0.6 is 0 Å². The Bertz CT molecular complexity index is 1530. The third-order valence-electron chi connectivity index (χ3n) is 9.00. The van der Waals surface area contributed by atoms with Gasteiger partial charge >= 0.3 is 12.1 Å². The number of carboxylic acid groups (broad SMARTS) is 1. The van der Waals surface area contributed by atoms with Crippen LogP contribution in [0.2, 0.25) is 0 Å². The van der Waals surface area contributed by atoms with E-state index < -0.39 is 24.0 Å². The first-order valence-electron chi connectivity index (χ1n) is 15.2. The number of ketones is 1. The van der Waals surface area contributed by atoms with E-state index in [2.05, 4.69) is 5.10 Å². The summed E-state index contributed by atoms with van der Waals surface area (Å²) < 4.78 is 12.2. The summed E-state index contributed by atoms with van der Waals surface area (Å²) in [4.78, 5) is 53.2. The molecule has 2 saturated heterocycles. The monoisotopic (exact) mass is 601 g/mol. The normalized spacial score (nSPS) is 19.8. The van der Waals surface area contributed by atoms with Crippen molar-refractivity contribution in [2.45, 2.75) is 70.1 Å². The number of hydrogen-bond donors (Lipinski definition) is 1. The van der Waals surface area contributed by atoms with Crippen molar-refractivity contribution in [3.05, 3.63) is 82.3 Å². The Kier molecular flexibility index (Phi) is 9.77. The summed E-state index contributed by atoms with van der Waals surface area (Å²) in [5.41, 5.74) is 2.45. The van der Waals surface area contributed by atoms with Crippen LogP contribution in [0.4, 0.5) is 4.79 Å². The van der Waals surface area contributed by atoms with Crippen LogP contribution in [-0.2, 0) is 34.4 Å². The van der Waals surface area contributed by atoms with Crippen molar-refractivity contribution in [3.8, 4) is 16.9 Å². The molecule has 2 aliphatic heterocycles. The maximum absolute atomic E-state index is 13.5. The number of nitrogens with zero attached hydrogens (tertiary/aromatic N) is 3. The highest BCUT2D eigenvalue weighted by Crippen LogP contribution is 2.41. The summed E-state index contributed by atoms with van der Waals surface area (Å²) in [6.45, 7) is 0.155. The van der Waals surface area contributed by atoms with Crippen LogP contribution in [0.25, 0.3) is 11.1 Å². The molecule has 1 aromatic heterocycles. The first kappa shape index (κ1) is 31.0. The molecule has 10 nitrogen and oxygen atoms in total. The molecule has 2 bridgehead atoms. The number of aromatic nitrogens is 2. The van der Waals surface area contributed by atoms with E-state index in [-0.39, 0.29) is 36.3 Å². The fourth-order valence-corrected chi connectivity index (χ4v) is 6.64. The minimum Gasteiger partial charge on any atom is -0.494 e. The molecule has 0 spiro atoms. The maximum Gasteiger partial charge on any atom is 0.410 e. The van der Waals surface area contributed by atoms with E-state index in [9.17, 15) is 24.3 Å². The topological polar surface area (TPSA) is 128 Å². The molecule has 1 aliphatic carbocycles. The lowest BCUT2D eigenvalue weighted by Crippen LogP contribution is -2.60. The Morgan fingerprint density at radius 2 is 1.70 bits per heavy atom. The molecule has 3 aromatic rings. The van der Waals surface area contributed by atoms with Crippen molar-refractivity contribution in [3.63, 3.8) is 0 Å². The fourth-order valence-electron chi connectivity index (χ4n) is 6.64. The lowest BCUT2D eigenvalue weighted by atomic mass is 9.73. The average Bonchev–Trinajstić information content (AvgIpc) is 3.05. The number of aryl methyl sites for hydroxylation is 1. The summed E-state index contributed by atoms with van der Waals surface area (Å²) >= 11 is 0. The number of ether oxygens (including phenoxy) is 2. The second-order valence-electron chi connectivity index (χ2n) is 11.8. The molecule has 232 valence electrons. The highest BCUT2D eigenvalue weighted by Gasteiger charge is 2.47. The zero-order chi connectivity index (χ0) is 31.2. The molecule has 0 unspecified atom stereocenters. The van der Waals surface area contributed by atoms with E-state index in [1.807, 2.05) is 42.5 Å². The molecule has 0 radical (unpaired) electrons. The average molecular weight is 602 g/mol. The minimum atomic E-state index is -0.922. The molecule has 2 atom stereocenters. The molecule has 10 heteroatoms. The van der Waals surface area contributed by atoms with Crippen LogP contribution in [0.3, 0.4) is 0 Å². The Labute approximate surface area is 256 Å². The zero-order valence-corrected chi connectivity index (χ0v) is 25.2. The van der Waals surface area contributed by atoms with Gasteiger partial charge in [-0.3, -0.25) is 19.3 Å². The van der Waals surface area contributed by atoms with E-state index >= 15 is 0 Å². The molecule has 3 heterocycles. The fraction of sp³-hybridized carbons (Fsp3) is 0.441. The van der Waals surface area contributed by atoms with Crippen molar-refractivity contribution in [1.82, 2.24) is 14.7 Å². The Morgan fingerprint density at radius 1 is 1.00 bits per heavy atom. The predicted octanol–water partition coefficient (Wildman–Crippen LogP) is 5.02. The molecule has 44 heavy (non-hydrogen) atoms. The number of fused-ring (bicyclic) bond motifs is 3. The Morgan fingerprint density at radius 3 is 2.36 bits per heavy atom. The second-order valence-corrected chi connectivity index (χ2v) is 11.8. The number of carboxylic acids is 1. The highest BCUT2D eigenvalue weighted by atomic mass is 16.6. The number of benzene rings is 2. The van der Waals surface area contributed by atoms with Gasteiger partial charge in [-0.25, -0.2) is 9.48 Å². The number of hydrogen-bond acceptors (Lipinski definition) is 7. The van der Waals surface area contributed by atoms with E-state index in [0.29, 0.717) is 36.1 Å². The largest absolute Gasteiger partial charge is 0.494 e. The van der Waals surface area contributed by atoms with Crippen molar-refractivity contribution < 1.29 is 29.0 Å². The summed E-state index contributed by atoms with van der Waals surface area (Å²) in [5.74, 6) is -1.14. The van der Waals surface area contributed by atoms with E-state index in [0.717, 1.165) is 36.8 Å². The molecular weight excluding hydrogens is 562 g/mol. The van der Waals surface area contributed by atoms with Gasteiger partial charge in [0.2, 0.25) is 0 Å². The minimum absolute atomic E-state index is 0.000664. The van der Waals surface area contributed by atoms with Crippen LogP contribution in [0.5, 0.6) is 5.75 Å². The molecule has 1 amide bonds. The quantitative estimate of drug-likeness (QED) is 0.307. The predicted molar refractivity (Wildman–Crippen MR) is 163 cm³/mol. The molecule has 3 aliphatic rings. The smallest absolute Gasteiger partial charge is 0.410 e. The van der Waals surface area contributed by atoms with Crippen LogP contribution in [-0.4, -0.2) is 56.8 Å². The van der Waals surface area contributed by atoms with Crippen molar-refractivity contribution in [2.75, 3.05) is 7.11 Å². The van der Waals surface area contributed by atoms with Gasteiger partial charge in [0.1, 0.15) is 6.61 Å². The molecular formula is C34H39N3O7. The number of Topliss-reactive ketones (excluding diaryl/α,β-unsaturated/α-hetero) is 1. The number of amides is 1. The van der Waals surface area contributed by atoms with Crippen LogP contribution in [0.1, 0.15) is 56.1 Å². The summed E-state index contributed by atoms with van der Waals surface area (Å²) in [6.07, 6.45) is 5.86. The van der Waals surface area contributed by atoms with Gasteiger partial charge in [-0.1, -0.05) is 54.6 Å². The van der Waals surface area contributed by atoms with Crippen LogP contribution in [0, 0.1) is 11.8 Å². The van der Waals surface area contributed by atoms with Crippen molar-refractivity contribution in [2.24, 2.45) is 18.9 Å². The van der Waals surface area contributed by atoms with Crippen LogP contribution < -0.4 is 10.3 Å². The highest BCUT2D eigenvalue weighted by molar-refractivity contribution is 5.88. The van der Waals surface area contributed by atoms with Gasteiger partial charge in [0.25, 0.3) is 5.56 Å². The molecule has 1 N–H and O–H groups in total. The van der Waals surface area contributed by atoms with Gasteiger partial charge in [-0.05, 0) is 67.6 Å². The second kappa shape index (κ2) is 13.9. The first-order chi connectivity index (χ1) is 21.3. The van der Waals surface area contributed by atoms with Crippen molar-refractivity contribution >= 4 is 17.8 Å². The van der Waals surface area contributed by atoms with E-state index in [1.165, 1.54) is 18.0 Å². The SMILES string of the molecule is COc1cnn(C)c(=O)c1-c1ccc(C[C@H](CCCC(=O)[C@@H]2C3CCC(CC3)N2C(=O)OCc2ccccc2)C(=O)O)cc1. The number of methoxy groups -OCH3 is 1. The zero-order valence-electron chi connectivity index (χ0n) is 25.2. The number of carbonyl (C=O) groups excluding carboxylic acids is 2. The Balaban J connectivity index is 1.19. The lowest BCUT2D eigenvalue weighted by Gasteiger charge is -2.49. The number of carbonyl (C=O) groups is 3. The summed E-state index contributed by atoms with van der Waals surface area (Å²) in [5, 5.41) is 13.9. The Hall–Kier alpha value is -4.47. The molecule has 2 aromatic carbocycles. The third-order valence-corrected chi connectivity index (χ3v) is 9.00. The number of aliphatic carboxylic acids is 1.